The fraction of sp³-hybridized carbons (Fsp3) is 0.192. The van der Waals surface area contributed by atoms with Crippen molar-refractivity contribution in [3.63, 3.8) is 0 Å². The van der Waals surface area contributed by atoms with Crippen LogP contribution in [0.3, 0.4) is 0 Å². The summed E-state index contributed by atoms with van der Waals surface area (Å²) in [5.41, 5.74) is 2.83. The van der Waals surface area contributed by atoms with E-state index in [1.165, 1.54) is 24.3 Å². The maximum atomic E-state index is 13.5. The third-order valence-electron chi connectivity index (χ3n) is 6.07. The lowest BCUT2D eigenvalue weighted by Crippen LogP contribution is -2.39. The number of nitrogens with one attached hydrogen (secondary N) is 2. The van der Waals surface area contributed by atoms with E-state index < -0.39 is 11.7 Å². The summed E-state index contributed by atoms with van der Waals surface area (Å²) in [6.07, 6.45) is 1.77. The minimum atomic E-state index is -0.449. The van der Waals surface area contributed by atoms with Gasteiger partial charge >= 0.3 is 0 Å². The number of hydrogen-bond donors (Lipinski definition) is 2. The maximum Gasteiger partial charge on any atom is 0.255 e. The molecule has 0 saturated carbocycles. The van der Waals surface area contributed by atoms with Gasteiger partial charge in [-0.2, -0.15) is 0 Å². The molecular formula is C26H22ClFN4O2. The van der Waals surface area contributed by atoms with Crippen molar-refractivity contribution in [2.24, 2.45) is 0 Å². The number of halogens is 2. The zero-order valence-corrected chi connectivity index (χ0v) is 19.0. The molecule has 3 aromatic carbocycles. The SMILES string of the molecule is O=C(Nc1cc(Cl)ccc1C(=O)N1CCCC(c2nc3ccccc3[nH]2)C1)c1ccc(F)cc1. The van der Waals surface area contributed by atoms with Crippen LogP contribution in [0.15, 0.2) is 66.7 Å². The number of fused-ring (bicyclic) bond motifs is 1. The molecule has 34 heavy (non-hydrogen) atoms. The van der Waals surface area contributed by atoms with E-state index >= 15 is 0 Å². The molecule has 0 spiro atoms. The Bertz CT molecular complexity index is 1340. The normalized spacial score (nSPS) is 15.9. The van der Waals surface area contributed by atoms with Crippen LogP contribution in [0.25, 0.3) is 11.0 Å². The van der Waals surface area contributed by atoms with E-state index in [1.807, 2.05) is 24.3 Å². The fourth-order valence-corrected chi connectivity index (χ4v) is 4.50. The second-order valence-corrected chi connectivity index (χ2v) is 8.82. The van der Waals surface area contributed by atoms with Crippen molar-refractivity contribution >= 4 is 40.1 Å². The Morgan fingerprint density at radius 2 is 1.88 bits per heavy atom. The van der Waals surface area contributed by atoms with Crippen molar-refractivity contribution in [1.82, 2.24) is 14.9 Å². The van der Waals surface area contributed by atoms with Crippen LogP contribution >= 0.6 is 11.6 Å². The molecule has 1 aliphatic heterocycles. The van der Waals surface area contributed by atoms with Gasteiger partial charge in [-0.15, -0.1) is 0 Å². The van der Waals surface area contributed by atoms with Crippen LogP contribution in [0.5, 0.6) is 0 Å². The lowest BCUT2D eigenvalue weighted by Gasteiger charge is -2.32. The van der Waals surface area contributed by atoms with Crippen molar-refractivity contribution in [3.05, 3.63) is 94.5 Å². The zero-order valence-electron chi connectivity index (χ0n) is 18.2. The molecular weight excluding hydrogens is 455 g/mol. The molecule has 1 aromatic heterocycles. The number of anilines is 1. The van der Waals surface area contributed by atoms with Crippen LogP contribution in [0.1, 0.15) is 45.3 Å². The molecule has 1 atom stereocenters. The minimum Gasteiger partial charge on any atom is -0.342 e. The summed E-state index contributed by atoms with van der Waals surface area (Å²) in [4.78, 5) is 36.1. The lowest BCUT2D eigenvalue weighted by molar-refractivity contribution is 0.0706. The number of aromatic amines is 1. The van der Waals surface area contributed by atoms with E-state index in [0.29, 0.717) is 29.4 Å². The number of piperidine rings is 1. The highest BCUT2D eigenvalue weighted by atomic mass is 35.5. The van der Waals surface area contributed by atoms with E-state index in [9.17, 15) is 14.0 Å². The number of hydrogen-bond acceptors (Lipinski definition) is 3. The number of rotatable bonds is 4. The van der Waals surface area contributed by atoms with Crippen molar-refractivity contribution < 1.29 is 14.0 Å². The predicted octanol–water partition coefficient (Wildman–Crippen LogP) is 5.63. The number of likely N-dealkylation sites (tertiary alicyclic amines) is 1. The highest BCUT2D eigenvalue weighted by Gasteiger charge is 2.29. The first kappa shape index (κ1) is 22.1. The first-order valence-corrected chi connectivity index (χ1v) is 11.5. The largest absolute Gasteiger partial charge is 0.342 e. The Kier molecular flexibility index (Phi) is 6.02. The molecule has 5 rings (SSSR count). The van der Waals surface area contributed by atoms with Crippen LogP contribution < -0.4 is 5.32 Å². The molecule has 2 heterocycles. The Morgan fingerprint density at radius 1 is 1.09 bits per heavy atom. The number of carbonyl (C=O) groups excluding carboxylic acids is 2. The highest BCUT2D eigenvalue weighted by molar-refractivity contribution is 6.31. The van der Waals surface area contributed by atoms with Gasteiger partial charge in [-0.1, -0.05) is 23.7 Å². The van der Waals surface area contributed by atoms with Gasteiger partial charge in [0.25, 0.3) is 11.8 Å². The summed E-state index contributed by atoms with van der Waals surface area (Å²) in [5, 5.41) is 3.15. The van der Waals surface area contributed by atoms with Gasteiger partial charge in [0.2, 0.25) is 0 Å². The fourth-order valence-electron chi connectivity index (χ4n) is 4.32. The van der Waals surface area contributed by atoms with E-state index in [0.717, 1.165) is 29.7 Å². The Hall–Kier alpha value is -3.71. The Labute approximate surface area is 200 Å². The van der Waals surface area contributed by atoms with E-state index in [1.54, 1.807) is 23.1 Å². The average Bonchev–Trinajstić information content (AvgIpc) is 3.29. The van der Waals surface area contributed by atoms with Crippen molar-refractivity contribution in [2.75, 3.05) is 18.4 Å². The number of H-pyrrole nitrogens is 1. The van der Waals surface area contributed by atoms with Crippen LogP contribution in [-0.2, 0) is 0 Å². The van der Waals surface area contributed by atoms with Gasteiger partial charge in [-0.3, -0.25) is 9.59 Å². The molecule has 4 aromatic rings. The number of benzene rings is 3. The molecule has 1 fully saturated rings. The molecule has 0 aliphatic carbocycles. The van der Waals surface area contributed by atoms with Crippen molar-refractivity contribution in [1.29, 1.82) is 0 Å². The molecule has 6 nitrogen and oxygen atoms in total. The summed E-state index contributed by atoms with van der Waals surface area (Å²) in [5.74, 6) is -0.101. The van der Waals surface area contributed by atoms with Gasteiger partial charge in [-0.25, -0.2) is 9.37 Å². The van der Waals surface area contributed by atoms with Gasteiger partial charge in [0.1, 0.15) is 11.6 Å². The second-order valence-electron chi connectivity index (χ2n) is 8.38. The molecule has 0 bridgehead atoms. The third-order valence-corrected chi connectivity index (χ3v) is 6.30. The monoisotopic (exact) mass is 476 g/mol. The summed E-state index contributed by atoms with van der Waals surface area (Å²) in [6, 6.07) is 17.9. The first-order chi connectivity index (χ1) is 16.5. The zero-order chi connectivity index (χ0) is 23.7. The number of carbonyl (C=O) groups is 2. The van der Waals surface area contributed by atoms with Gasteiger partial charge in [-0.05, 0) is 67.4 Å². The summed E-state index contributed by atoms with van der Waals surface area (Å²) in [7, 11) is 0. The molecule has 172 valence electrons. The van der Waals surface area contributed by atoms with Crippen LogP contribution in [-0.4, -0.2) is 39.8 Å². The number of aromatic nitrogens is 2. The quantitative estimate of drug-likeness (QED) is 0.401. The third kappa shape index (κ3) is 4.52. The van der Waals surface area contributed by atoms with Gasteiger partial charge in [0.15, 0.2) is 0 Å². The molecule has 1 aliphatic rings. The van der Waals surface area contributed by atoms with Crippen LogP contribution in [0.2, 0.25) is 5.02 Å². The van der Waals surface area contributed by atoms with Gasteiger partial charge in [0, 0.05) is 29.6 Å². The molecule has 1 unspecified atom stereocenters. The summed E-state index contributed by atoms with van der Waals surface area (Å²) in [6.45, 7) is 1.14. The standard InChI is InChI=1S/C26H22ClFN4O2/c27-18-9-12-20(23(14-18)31-25(33)16-7-10-19(28)11-8-16)26(34)32-13-3-4-17(15-32)24-29-21-5-1-2-6-22(21)30-24/h1-2,5-12,14,17H,3-4,13,15H2,(H,29,30)(H,31,33). The van der Waals surface area contributed by atoms with Crippen LogP contribution in [0, 0.1) is 5.82 Å². The second kappa shape index (κ2) is 9.27. The molecule has 8 heteroatoms. The van der Waals surface area contributed by atoms with Gasteiger partial charge < -0.3 is 15.2 Å². The maximum absolute atomic E-state index is 13.5. The molecule has 1 saturated heterocycles. The summed E-state index contributed by atoms with van der Waals surface area (Å²) < 4.78 is 13.2. The summed E-state index contributed by atoms with van der Waals surface area (Å²) >= 11 is 6.16. The molecule has 2 N–H and O–H groups in total. The average molecular weight is 477 g/mol. The van der Waals surface area contributed by atoms with Crippen LogP contribution in [0.4, 0.5) is 10.1 Å². The number of nitrogens with zero attached hydrogens (tertiary/aromatic N) is 2. The molecule has 2 amide bonds. The predicted molar refractivity (Wildman–Crippen MR) is 130 cm³/mol. The van der Waals surface area contributed by atoms with E-state index in [-0.39, 0.29) is 17.4 Å². The Morgan fingerprint density at radius 3 is 2.68 bits per heavy atom. The van der Waals surface area contributed by atoms with Crippen molar-refractivity contribution in [2.45, 2.75) is 18.8 Å². The first-order valence-electron chi connectivity index (χ1n) is 11.1. The number of imidazole rings is 1. The number of para-hydroxylation sites is 2. The highest BCUT2D eigenvalue weighted by Crippen LogP contribution is 2.30. The Balaban J connectivity index is 1.37. The minimum absolute atomic E-state index is 0.0923. The lowest BCUT2D eigenvalue weighted by atomic mass is 9.96. The van der Waals surface area contributed by atoms with E-state index in [2.05, 4.69) is 10.3 Å². The van der Waals surface area contributed by atoms with Crippen molar-refractivity contribution in [3.8, 4) is 0 Å². The van der Waals surface area contributed by atoms with Gasteiger partial charge in [0.05, 0.1) is 22.3 Å². The molecule has 0 radical (unpaired) electrons. The number of amides is 2. The van der Waals surface area contributed by atoms with E-state index in [4.69, 9.17) is 16.6 Å². The smallest absolute Gasteiger partial charge is 0.255 e. The topological polar surface area (TPSA) is 78.1 Å².